The van der Waals surface area contributed by atoms with Crippen molar-refractivity contribution in [2.75, 3.05) is 13.2 Å². The van der Waals surface area contributed by atoms with Crippen molar-refractivity contribution in [1.29, 1.82) is 0 Å². The number of aliphatic hydroxyl groups excluding tert-OH is 6. The summed E-state index contributed by atoms with van der Waals surface area (Å²) in [5, 5.41) is 127. The SMILES string of the molecule is CC(=O)O[C@@]12CO[C@]1(O)C[C@H](O)[C@@]1(C)C(=O)[C@H](O)C3=C(C)[C@@H](O)C[C@@](O)([C@@H](OC(=O)c4ccccc4)[C@@H]12)C3(C)C.CC1=C2[C@@H](O)C(=O)[C@]3(C)[C@@H](O)C[C@@]4(O)OC[C@@]4(O)[C@H]3[C@H](OC(=O)c3ccccc3)[C@](O)(C[C@@H]1O)C2(C)C. The molecule has 18 atom stereocenters. The normalized spacial score (nSPS) is 45.2. The van der Waals surface area contributed by atoms with Gasteiger partial charge in [-0.2, -0.15) is 0 Å². The maximum absolute atomic E-state index is 14.3. The summed E-state index contributed by atoms with van der Waals surface area (Å²) in [6.07, 6.45) is -15.0. The lowest BCUT2D eigenvalue weighted by atomic mass is 9.44. The fraction of sp³-hybridized carbons (Fsp3) is 0.625. The van der Waals surface area contributed by atoms with Crippen molar-refractivity contribution >= 4 is 29.5 Å². The molecule has 2 aliphatic heterocycles. The minimum Gasteiger partial charge on any atom is -0.455 e. The summed E-state index contributed by atoms with van der Waals surface area (Å²) in [6, 6.07) is 15.8. The van der Waals surface area contributed by atoms with Gasteiger partial charge < -0.3 is 79.9 Å². The van der Waals surface area contributed by atoms with Gasteiger partial charge in [-0.15, -0.1) is 0 Å². The summed E-state index contributed by atoms with van der Waals surface area (Å²) in [4.78, 5) is 67.8. The molecule has 0 amide bonds. The van der Waals surface area contributed by atoms with E-state index >= 15 is 0 Å². The van der Waals surface area contributed by atoms with E-state index in [1.807, 2.05) is 0 Å². The standard InChI is InChI=1S/C29H36O11.C27H34O10/c1-14-17(31)11-27(36)23(39-24(35)16-9-7-6-8-10-16)21-26(5,22(34)20(33)19(14)25(27,3)4)18(32)12-29(37)28(21,13-38-29)40-15(2)30;1-13-15(28)10-25(33)21(37-22(32)14-8-6-5-7-9-14)19-24(4,20(31)18(30)17(13)23(25,2)3)16(29)11-27(35)26(19,34)12-36-27/h6-10,17-18,20-21,23,31-33,36-37H,11-13H2,1-5H3;5-9,15-16,18-19,21,28-30,33-35H,10-12H2,1-4H3/t17-,18-,20+,21-,23-,26+,27+,28+,29+;15-,16-,18+,19-,21-,24+,25+,26+,27+/m00/s1. The molecule has 0 aromatic heterocycles. The first-order valence-corrected chi connectivity index (χ1v) is 25.7. The van der Waals surface area contributed by atoms with Crippen LogP contribution in [0.4, 0.5) is 0 Å². The zero-order valence-electron chi connectivity index (χ0n) is 44.3. The van der Waals surface area contributed by atoms with Gasteiger partial charge in [-0.25, -0.2) is 9.59 Å². The number of benzene rings is 2. The fourth-order valence-electron chi connectivity index (χ4n) is 15.0. The molecule has 8 aliphatic rings. The maximum Gasteiger partial charge on any atom is 0.338 e. The van der Waals surface area contributed by atoms with Crippen LogP contribution in [0.1, 0.15) is 109 Å². The van der Waals surface area contributed by atoms with Gasteiger partial charge >= 0.3 is 17.9 Å². The van der Waals surface area contributed by atoms with Crippen LogP contribution in [-0.4, -0.2) is 182 Å². The molecule has 2 aromatic rings. The average molecular weight is 1080 g/mol. The lowest BCUT2D eigenvalue weighted by molar-refractivity contribution is -0.454. The zero-order valence-corrected chi connectivity index (χ0v) is 44.3. The quantitative estimate of drug-likeness (QED) is 0.108. The Morgan fingerprint density at radius 2 is 0.909 bits per heavy atom. The lowest BCUT2D eigenvalue weighted by Crippen LogP contribution is -2.86. The lowest BCUT2D eigenvalue weighted by Gasteiger charge is -2.69. The molecule has 2 saturated heterocycles. The Balaban J connectivity index is 0.000000188. The van der Waals surface area contributed by atoms with Crippen molar-refractivity contribution in [2.45, 2.75) is 171 Å². The van der Waals surface area contributed by atoms with Crippen LogP contribution in [0, 0.1) is 33.5 Å². The van der Waals surface area contributed by atoms with E-state index in [-0.39, 0.29) is 40.7 Å². The van der Waals surface area contributed by atoms with Crippen LogP contribution in [-0.2, 0) is 38.1 Å². The minimum atomic E-state index is -2.30. The number of fused-ring (bicyclic) bond motifs is 10. The molecule has 0 unspecified atom stereocenters. The Bertz CT molecular complexity index is 2850. The minimum absolute atomic E-state index is 0.0404. The van der Waals surface area contributed by atoms with Crippen LogP contribution >= 0.6 is 0 Å². The predicted octanol–water partition coefficient (Wildman–Crippen LogP) is 0.233. The van der Waals surface area contributed by atoms with Gasteiger partial charge in [0.1, 0.15) is 41.2 Å². The van der Waals surface area contributed by atoms with Gasteiger partial charge in [0.25, 0.3) is 0 Å². The molecular weight excluding hydrogens is 1010 g/mol. The summed E-state index contributed by atoms with van der Waals surface area (Å²) in [6.45, 7) is 12.2. The average Bonchev–Trinajstić information content (AvgIpc) is 3.53. The van der Waals surface area contributed by atoms with E-state index in [1.165, 1.54) is 38.1 Å². The molecule has 6 fully saturated rings. The Kier molecular flexibility index (Phi) is 13.4. The van der Waals surface area contributed by atoms with Gasteiger partial charge in [0.15, 0.2) is 23.0 Å². The summed E-state index contributed by atoms with van der Waals surface area (Å²) in [5.41, 5.74) is -14.7. The van der Waals surface area contributed by atoms with E-state index in [4.69, 9.17) is 23.7 Å². The number of rotatable bonds is 5. The fourth-order valence-corrected chi connectivity index (χ4v) is 15.0. The Morgan fingerprint density at radius 1 is 0.532 bits per heavy atom. The van der Waals surface area contributed by atoms with Crippen molar-refractivity contribution in [3.8, 4) is 0 Å². The summed E-state index contributed by atoms with van der Waals surface area (Å²) in [5.74, 6) is -12.2. The number of hydrogen-bond donors (Lipinski definition) is 11. The van der Waals surface area contributed by atoms with Gasteiger partial charge in [0, 0.05) is 43.4 Å². The predicted molar refractivity (Wildman–Crippen MR) is 263 cm³/mol. The molecular formula is C56H70O21. The highest BCUT2D eigenvalue weighted by Gasteiger charge is 2.83. The summed E-state index contributed by atoms with van der Waals surface area (Å²) < 4.78 is 28.5. The van der Waals surface area contributed by atoms with E-state index in [9.17, 15) is 80.1 Å². The largest absolute Gasteiger partial charge is 0.455 e. The van der Waals surface area contributed by atoms with Crippen LogP contribution in [0.3, 0.4) is 0 Å². The molecule has 21 nitrogen and oxygen atoms in total. The van der Waals surface area contributed by atoms with Crippen LogP contribution in [0.5, 0.6) is 0 Å². The first-order valence-electron chi connectivity index (χ1n) is 25.7. The number of esters is 3. The number of hydrogen-bond acceptors (Lipinski definition) is 21. The molecule has 420 valence electrons. The van der Waals surface area contributed by atoms with Crippen molar-refractivity contribution in [2.24, 2.45) is 33.5 Å². The maximum atomic E-state index is 14.3. The smallest absolute Gasteiger partial charge is 0.338 e. The van der Waals surface area contributed by atoms with Gasteiger partial charge in [0.05, 0.1) is 71.4 Å². The third-order valence-electron chi connectivity index (χ3n) is 19.9. The molecule has 6 aliphatic carbocycles. The monoisotopic (exact) mass is 1080 g/mol. The number of aliphatic hydroxyl groups is 11. The van der Waals surface area contributed by atoms with Crippen LogP contribution in [0.15, 0.2) is 83.0 Å². The van der Waals surface area contributed by atoms with Gasteiger partial charge in [0.2, 0.25) is 5.79 Å². The van der Waals surface area contributed by atoms with E-state index in [2.05, 4.69) is 0 Å². The molecule has 2 aromatic carbocycles. The number of carbonyl (C=O) groups excluding carboxylic acids is 5. The van der Waals surface area contributed by atoms with Crippen LogP contribution in [0.2, 0.25) is 0 Å². The van der Waals surface area contributed by atoms with Crippen molar-refractivity contribution in [3.05, 3.63) is 94.1 Å². The molecule has 11 N–H and O–H groups in total. The number of carbonyl (C=O) groups is 5. The van der Waals surface area contributed by atoms with Crippen molar-refractivity contribution in [3.63, 3.8) is 0 Å². The van der Waals surface area contributed by atoms with E-state index in [0.29, 0.717) is 5.57 Å². The van der Waals surface area contributed by atoms with Gasteiger partial charge in [-0.05, 0) is 74.3 Å². The third-order valence-corrected chi connectivity index (χ3v) is 19.9. The summed E-state index contributed by atoms with van der Waals surface area (Å²) >= 11 is 0. The second-order valence-electron chi connectivity index (χ2n) is 24.2. The van der Waals surface area contributed by atoms with E-state index in [1.54, 1.807) is 77.9 Å². The number of ketones is 2. The topological polar surface area (TPSA) is 354 Å². The zero-order chi connectivity index (χ0) is 57.0. The van der Waals surface area contributed by atoms with Gasteiger partial charge in [-0.1, -0.05) is 64.1 Å². The molecule has 4 saturated carbocycles. The number of Topliss-reactive ketones (excluding diaryl/α,β-unsaturated/α-hetero) is 2. The summed E-state index contributed by atoms with van der Waals surface area (Å²) in [7, 11) is 0. The molecule has 4 bridgehead atoms. The Hall–Kier alpha value is -4.85. The molecule has 21 heteroatoms. The molecule has 0 spiro atoms. The van der Waals surface area contributed by atoms with E-state index in [0.717, 1.165) is 6.92 Å². The Morgan fingerprint density at radius 3 is 1.27 bits per heavy atom. The number of ether oxygens (including phenoxy) is 5. The second kappa shape index (κ2) is 18.1. The molecule has 77 heavy (non-hydrogen) atoms. The molecule has 10 rings (SSSR count). The Labute approximate surface area is 443 Å². The first-order chi connectivity index (χ1) is 35.5. The van der Waals surface area contributed by atoms with Crippen LogP contribution in [0.25, 0.3) is 0 Å². The van der Waals surface area contributed by atoms with Crippen molar-refractivity contribution < 1.29 is 104 Å². The third kappa shape index (κ3) is 7.42. The molecule has 2 heterocycles. The van der Waals surface area contributed by atoms with Crippen LogP contribution < -0.4 is 0 Å². The highest BCUT2D eigenvalue weighted by Crippen LogP contribution is 2.68. The van der Waals surface area contributed by atoms with Gasteiger partial charge in [-0.3, -0.25) is 14.4 Å². The highest BCUT2D eigenvalue weighted by molar-refractivity contribution is 5.95. The van der Waals surface area contributed by atoms with E-state index < -0.39 is 172 Å². The first kappa shape index (κ1) is 56.9. The molecule has 0 radical (unpaired) electrons. The second-order valence-corrected chi connectivity index (χ2v) is 24.2. The highest BCUT2D eigenvalue weighted by atomic mass is 16.7. The van der Waals surface area contributed by atoms with Crippen molar-refractivity contribution in [1.82, 2.24) is 0 Å².